The Kier molecular flexibility index (Phi) is 4.28. The Morgan fingerprint density at radius 3 is 2.53 bits per heavy atom. The van der Waals surface area contributed by atoms with Gasteiger partial charge >= 0.3 is 12.0 Å². The van der Waals surface area contributed by atoms with Crippen LogP contribution in [-0.2, 0) is 4.79 Å². The second-order valence-electron chi connectivity index (χ2n) is 5.73. The molecule has 108 valence electrons. The van der Waals surface area contributed by atoms with Crippen LogP contribution >= 0.6 is 11.8 Å². The molecule has 0 aromatic heterocycles. The molecule has 1 aliphatic heterocycles. The van der Waals surface area contributed by atoms with Crippen molar-refractivity contribution in [2.24, 2.45) is 11.8 Å². The summed E-state index contributed by atoms with van der Waals surface area (Å²) >= 11 is 1.82. The van der Waals surface area contributed by atoms with E-state index in [1.165, 1.54) is 6.42 Å². The van der Waals surface area contributed by atoms with Crippen LogP contribution in [0.25, 0.3) is 0 Å². The number of carboxylic acid groups (broad SMARTS) is 1. The predicted molar refractivity (Wildman–Crippen MR) is 75.4 cm³/mol. The largest absolute Gasteiger partial charge is 0.481 e. The Bertz CT molecular complexity index is 365. The summed E-state index contributed by atoms with van der Waals surface area (Å²) in [4.78, 5) is 24.7. The van der Waals surface area contributed by atoms with Crippen molar-refractivity contribution in [1.29, 1.82) is 0 Å². The second kappa shape index (κ2) is 5.61. The Balaban J connectivity index is 1.83. The molecular formula is C13H22N2O3S. The number of amides is 2. The Hall–Kier alpha value is -0.910. The first-order chi connectivity index (χ1) is 8.97. The van der Waals surface area contributed by atoms with E-state index in [1.54, 1.807) is 4.90 Å². The third kappa shape index (κ3) is 2.99. The number of urea groups is 1. The average Bonchev–Trinajstić information content (AvgIpc) is 2.70. The summed E-state index contributed by atoms with van der Waals surface area (Å²) in [6.07, 6.45) is 5.63. The maximum Gasteiger partial charge on any atom is 0.317 e. The molecule has 2 amide bonds. The lowest BCUT2D eigenvalue weighted by atomic mass is 9.84. The van der Waals surface area contributed by atoms with Gasteiger partial charge in [-0.2, -0.15) is 11.8 Å². The molecule has 2 N–H and O–H groups in total. The summed E-state index contributed by atoms with van der Waals surface area (Å²) in [6, 6.07) is -0.115. The van der Waals surface area contributed by atoms with Crippen LogP contribution in [0, 0.1) is 11.8 Å². The van der Waals surface area contributed by atoms with Crippen LogP contribution in [0.4, 0.5) is 4.79 Å². The third-order valence-electron chi connectivity index (χ3n) is 4.48. The fraction of sp³-hybridized carbons (Fsp3) is 0.846. The SMILES string of the molecule is CSC1(CNC(=O)N2C[C@@H](C)[C@H](C(=O)O)C2)CCC1. The molecule has 1 saturated carbocycles. The molecule has 2 aliphatic rings. The summed E-state index contributed by atoms with van der Waals surface area (Å²) in [5.41, 5.74) is 0. The first-order valence-electron chi connectivity index (χ1n) is 6.78. The Labute approximate surface area is 118 Å². The highest BCUT2D eigenvalue weighted by molar-refractivity contribution is 8.00. The standard InChI is InChI=1S/C13H22N2O3S/c1-9-6-15(7-10(9)11(16)17)12(18)14-8-13(19-2)4-3-5-13/h9-10H,3-8H2,1-2H3,(H,14,18)(H,16,17)/t9-,10-/m1/s1. The zero-order chi connectivity index (χ0) is 14.0. The number of carboxylic acids is 1. The molecule has 1 heterocycles. The van der Waals surface area contributed by atoms with E-state index in [9.17, 15) is 9.59 Å². The van der Waals surface area contributed by atoms with Crippen molar-refractivity contribution < 1.29 is 14.7 Å². The van der Waals surface area contributed by atoms with Gasteiger partial charge in [-0.1, -0.05) is 13.3 Å². The zero-order valence-corrected chi connectivity index (χ0v) is 12.3. The van der Waals surface area contributed by atoms with E-state index in [4.69, 9.17) is 5.11 Å². The van der Waals surface area contributed by atoms with E-state index in [0.29, 0.717) is 19.6 Å². The van der Waals surface area contributed by atoms with Crippen LogP contribution in [0.5, 0.6) is 0 Å². The molecule has 1 saturated heterocycles. The molecule has 0 spiro atoms. The van der Waals surface area contributed by atoms with Crippen LogP contribution in [0.2, 0.25) is 0 Å². The Morgan fingerprint density at radius 2 is 2.11 bits per heavy atom. The normalized spacial score (nSPS) is 28.8. The quantitative estimate of drug-likeness (QED) is 0.824. The number of nitrogens with one attached hydrogen (secondary N) is 1. The van der Waals surface area contributed by atoms with Crippen LogP contribution in [0.3, 0.4) is 0 Å². The minimum Gasteiger partial charge on any atom is -0.481 e. The van der Waals surface area contributed by atoms with Crippen molar-refractivity contribution in [1.82, 2.24) is 10.2 Å². The van der Waals surface area contributed by atoms with E-state index in [1.807, 2.05) is 18.7 Å². The van der Waals surface area contributed by atoms with E-state index >= 15 is 0 Å². The maximum absolute atomic E-state index is 12.1. The van der Waals surface area contributed by atoms with Crippen molar-refractivity contribution in [2.75, 3.05) is 25.9 Å². The fourth-order valence-corrected chi connectivity index (χ4v) is 3.74. The smallest absolute Gasteiger partial charge is 0.317 e. The lowest BCUT2D eigenvalue weighted by Gasteiger charge is -2.40. The summed E-state index contributed by atoms with van der Waals surface area (Å²) in [7, 11) is 0. The van der Waals surface area contributed by atoms with Crippen LogP contribution in [0.15, 0.2) is 0 Å². The van der Waals surface area contributed by atoms with Gasteiger partial charge in [0.05, 0.1) is 5.92 Å². The number of carbonyl (C=O) groups is 2. The number of nitrogens with zero attached hydrogens (tertiary/aromatic N) is 1. The van der Waals surface area contributed by atoms with Crippen molar-refractivity contribution in [3.05, 3.63) is 0 Å². The maximum atomic E-state index is 12.1. The first kappa shape index (κ1) is 14.5. The van der Waals surface area contributed by atoms with Crippen molar-refractivity contribution in [3.8, 4) is 0 Å². The minimum atomic E-state index is -0.803. The molecular weight excluding hydrogens is 264 g/mol. The van der Waals surface area contributed by atoms with Gasteiger partial charge in [0.2, 0.25) is 0 Å². The summed E-state index contributed by atoms with van der Waals surface area (Å²) in [6.45, 7) is 3.45. The monoisotopic (exact) mass is 286 g/mol. The van der Waals surface area contributed by atoms with Gasteiger partial charge in [0.1, 0.15) is 0 Å². The van der Waals surface area contributed by atoms with Gasteiger partial charge in [-0.05, 0) is 25.0 Å². The molecule has 6 heteroatoms. The summed E-state index contributed by atoms with van der Waals surface area (Å²) in [5.74, 6) is -1.20. The first-order valence-corrected chi connectivity index (χ1v) is 8.01. The highest BCUT2D eigenvalue weighted by Crippen LogP contribution is 2.42. The molecule has 0 aromatic rings. The highest BCUT2D eigenvalue weighted by atomic mass is 32.2. The third-order valence-corrected chi connectivity index (χ3v) is 5.89. The summed E-state index contributed by atoms with van der Waals surface area (Å²) in [5, 5.41) is 12.0. The van der Waals surface area contributed by atoms with E-state index in [0.717, 1.165) is 12.8 Å². The van der Waals surface area contributed by atoms with Gasteiger partial charge in [-0.15, -0.1) is 0 Å². The number of hydrogen-bond acceptors (Lipinski definition) is 3. The van der Waals surface area contributed by atoms with Crippen LogP contribution in [0.1, 0.15) is 26.2 Å². The lowest BCUT2D eigenvalue weighted by Crippen LogP contribution is -2.48. The van der Waals surface area contributed by atoms with Crippen LogP contribution < -0.4 is 5.32 Å². The van der Waals surface area contributed by atoms with Gasteiger partial charge in [-0.3, -0.25) is 4.79 Å². The van der Waals surface area contributed by atoms with Crippen molar-refractivity contribution in [3.63, 3.8) is 0 Å². The highest BCUT2D eigenvalue weighted by Gasteiger charge is 2.39. The topological polar surface area (TPSA) is 69.6 Å². The van der Waals surface area contributed by atoms with Gasteiger partial charge in [-0.25, -0.2) is 4.79 Å². The van der Waals surface area contributed by atoms with E-state index < -0.39 is 11.9 Å². The van der Waals surface area contributed by atoms with E-state index in [2.05, 4.69) is 11.6 Å². The minimum absolute atomic E-state index is 0.0291. The number of aliphatic carboxylic acids is 1. The molecule has 2 atom stereocenters. The van der Waals surface area contributed by atoms with Gasteiger partial charge in [0.15, 0.2) is 0 Å². The molecule has 0 unspecified atom stereocenters. The molecule has 0 bridgehead atoms. The molecule has 1 aliphatic carbocycles. The van der Waals surface area contributed by atoms with Gasteiger partial charge in [0, 0.05) is 24.4 Å². The average molecular weight is 286 g/mol. The second-order valence-corrected chi connectivity index (χ2v) is 7.00. The summed E-state index contributed by atoms with van der Waals surface area (Å²) < 4.78 is 0.215. The van der Waals surface area contributed by atoms with Gasteiger partial charge in [0.25, 0.3) is 0 Å². The number of likely N-dealkylation sites (tertiary alicyclic amines) is 1. The van der Waals surface area contributed by atoms with Gasteiger partial charge < -0.3 is 15.3 Å². The van der Waals surface area contributed by atoms with Crippen LogP contribution in [-0.4, -0.2) is 52.6 Å². The molecule has 2 rings (SSSR count). The fourth-order valence-electron chi connectivity index (χ4n) is 2.83. The molecule has 0 radical (unpaired) electrons. The predicted octanol–water partition coefficient (Wildman–Crippen LogP) is 1.63. The molecule has 19 heavy (non-hydrogen) atoms. The van der Waals surface area contributed by atoms with E-state index in [-0.39, 0.29) is 16.7 Å². The number of hydrogen-bond donors (Lipinski definition) is 2. The molecule has 0 aromatic carbocycles. The number of thioether (sulfide) groups is 1. The molecule has 2 fully saturated rings. The lowest BCUT2D eigenvalue weighted by molar-refractivity contribution is -0.142. The molecule has 5 nitrogen and oxygen atoms in total. The number of carbonyl (C=O) groups excluding carboxylic acids is 1. The van der Waals surface area contributed by atoms with Crippen molar-refractivity contribution in [2.45, 2.75) is 30.9 Å². The zero-order valence-electron chi connectivity index (χ0n) is 11.5. The van der Waals surface area contributed by atoms with Crippen molar-refractivity contribution >= 4 is 23.8 Å². The Morgan fingerprint density at radius 1 is 1.42 bits per heavy atom. The number of rotatable bonds is 4.